The van der Waals surface area contributed by atoms with Gasteiger partial charge in [0.25, 0.3) is 0 Å². The highest BCUT2D eigenvalue weighted by Gasteiger charge is 2.26. The minimum absolute atomic E-state index is 0.0263. The third kappa shape index (κ3) is 3.23. The van der Waals surface area contributed by atoms with Crippen LogP contribution in [0, 0.1) is 17.8 Å². The van der Waals surface area contributed by atoms with E-state index in [1.807, 2.05) is 6.92 Å². The van der Waals surface area contributed by atoms with Crippen molar-refractivity contribution in [2.24, 2.45) is 29.3 Å². The molecule has 0 aromatic rings. The Kier molecular flexibility index (Phi) is 4.35. The molecule has 4 N–H and O–H groups in total. The van der Waals surface area contributed by atoms with E-state index in [2.05, 4.69) is 13.8 Å². The largest absolute Gasteiger partial charge is 0.315 e. The van der Waals surface area contributed by atoms with Crippen LogP contribution in [0.3, 0.4) is 0 Å². The van der Waals surface area contributed by atoms with E-state index in [0.29, 0.717) is 0 Å². The number of rotatable bonds is 3. The lowest BCUT2D eigenvalue weighted by Gasteiger charge is -2.35. The fourth-order valence-electron chi connectivity index (χ4n) is 2.44. The first-order valence-electron chi connectivity index (χ1n) is 5.77. The average Bonchev–Trinajstić information content (AvgIpc) is 2.09. The number of hydrazine groups is 1. The Morgan fingerprint density at radius 1 is 1.36 bits per heavy atom. The fourth-order valence-corrected chi connectivity index (χ4v) is 2.44. The van der Waals surface area contributed by atoms with Crippen LogP contribution in [0.2, 0.25) is 0 Å². The van der Waals surface area contributed by atoms with Gasteiger partial charge in [-0.2, -0.15) is 0 Å². The lowest BCUT2D eigenvalue weighted by molar-refractivity contribution is 0.115. The molecule has 0 spiro atoms. The van der Waals surface area contributed by atoms with Crippen LogP contribution in [0.4, 0.5) is 0 Å². The summed E-state index contributed by atoms with van der Waals surface area (Å²) in [6.07, 6.45) is 3.98. The Hall–Kier alpha value is -0.120. The number of hydrogen-bond donors (Lipinski definition) is 2. The van der Waals surface area contributed by atoms with E-state index in [-0.39, 0.29) is 6.17 Å². The van der Waals surface area contributed by atoms with Crippen LogP contribution in [-0.4, -0.2) is 17.7 Å². The Bertz CT molecular complexity index is 170. The molecule has 3 nitrogen and oxygen atoms in total. The maximum absolute atomic E-state index is 5.85. The second-order valence-corrected chi connectivity index (χ2v) is 5.09. The molecule has 0 aromatic heterocycles. The van der Waals surface area contributed by atoms with Gasteiger partial charge in [0.15, 0.2) is 0 Å². The summed E-state index contributed by atoms with van der Waals surface area (Å²) in [5.74, 6) is 8.28. The van der Waals surface area contributed by atoms with Crippen molar-refractivity contribution in [3.05, 3.63) is 0 Å². The molecule has 0 aromatic carbocycles. The van der Waals surface area contributed by atoms with Gasteiger partial charge in [0.05, 0.1) is 6.17 Å². The van der Waals surface area contributed by atoms with Crippen LogP contribution in [0.25, 0.3) is 0 Å². The zero-order valence-corrected chi connectivity index (χ0v) is 9.74. The highest BCUT2D eigenvalue weighted by Crippen LogP contribution is 2.33. The summed E-state index contributed by atoms with van der Waals surface area (Å²) in [5.41, 5.74) is 5.73. The summed E-state index contributed by atoms with van der Waals surface area (Å²) in [5, 5.41) is 1.77. The summed E-state index contributed by atoms with van der Waals surface area (Å²) in [4.78, 5) is 0. The summed E-state index contributed by atoms with van der Waals surface area (Å²) in [6, 6.07) is 0. The summed E-state index contributed by atoms with van der Waals surface area (Å²) in [6.45, 7) is 7.58. The minimum Gasteiger partial charge on any atom is -0.315 e. The van der Waals surface area contributed by atoms with Crippen LogP contribution >= 0.6 is 0 Å². The van der Waals surface area contributed by atoms with E-state index in [1.165, 1.54) is 19.3 Å². The predicted octanol–water partition coefficient (Wildman–Crippen LogP) is 1.54. The van der Waals surface area contributed by atoms with Gasteiger partial charge in [0.2, 0.25) is 0 Å². The van der Waals surface area contributed by atoms with E-state index in [4.69, 9.17) is 11.6 Å². The Morgan fingerprint density at radius 2 is 2.00 bits per heavy atom. The fraction of sp³-hybridized carbons (Fsp3) is 1.00. The van der Waals surface area contributed by atoms with Gasteiger partial charge in [-0.05, 0) is 37.5 Å². The van der Waals surface area contributed by atoms with Crippen molar-refractivity contribution < 1.29 is 0 Å². The van der Waals surface area contributed by atoms with Crippen LogP contribution in [0.5, 0.6) is 0 Å². The van der Waals surface area contributed by atoms with E-state index >= 15 is 0 Å². The van der Waals surface area contributed by atoms with Crippen molar-refractivity contribution >= 4 is 0 Å². The standard InChI is InChI=1S/C11H25N3/c1-8-4-5-11(9(2)6-8)7-14(13)10(3)12/h8-11H,4-7,12-13H2,1-3H3/t8?,9?,10-,11?/m1/s1. The van der Waals surface area contributed by atoms with Gasteiger partial charge in [-0.25, -0.2) is 5.01 Å². The molecule has 1 rings (SSSR count). The van der Waals surface area contributed by atoms with Crippen LogP contribution < -0.4 is 11.6 Å². The van der Waals surface area contributed by atoms with Gasteiger partial charge >= 0.3 is 0 Å². The molecule has 0 bridgehead atoms. The molecular formula is C11H25N3. The quantitative estimate of drug-likeness (QED) is 0.412. The molecule has 0 saturated heterocycles. The highest BCUT2D eigenvalue weighted by atomic mass is 15.4. The van der Waals surface area contributed by atoms with Crippen molar-refractivity contribution in [1.29, 1.82) is 0 Å². The molecule has 1 aliphatic carbocycles. The van der Waals surface area contributed by atoms with Gasteiger partial charge in [0.1, 0.15) is 0 Å². The maximum Gasteiger partial charge on any atom is 0.0676 e. The lowest BCUT2D eigenvalue weighted by Crippen LogP contribution is -2.48. The Balaban J connectivity index is 2.37. The first-order valence-corrected chi connectivity index (χ1v) is 5.77. The monoisotopic (exact) mass is 199 g/mol. The topological polar surface area (TPSA) is 55.3 Å². The molecule has 3 unspecified atom stereocenters. The summed E-state index contributed by atoms with van der Waals surface area (Å²) >= 11 is 0. The third-order valence-corrected chi connectivity index (χ3v) is 3.58. The van der Waals surface area contributed by atoms with E-state index in [1.54, 1.807) is 5.01 Å². The van der Waals surface area contributed by atoms with Crippen molar-refractivity contribution in [3.63, 3.8) is 0 Å². The van der Waals surface area contributed by atoms with Gasteiger partial charge in [-0.1, -0.05) is 20.3 Å². The van der Waals surface area contributed by atoms with Crippen LogP contribution in [0.1, 0.15) is 40.0 Å². The zero-order valence-electron chi connectivity index (χ0n) is 9.74. The van der Waals surface area contributed by atoms with Crippen molar-refractivity contribution in [1.82, 2.24) is 5.01 Å². The van der Waals surface area contributed by atoms with E-state index in [9.17, 15) is 0 Å². The molecule has 3 heteroatoms. The van der Waals surface area contributed by atoms with Crippen molar-refractivity contribution in [2.45, 2.75) is 46.2 Å². The molecule has 0 aliphatic heterocycles. The zero-order chi connectivity index (χ0) is 10.7. The predicted molar refractivity (Wildman–Crippen MR) is 60.2 cm³/mol. The Labute approximate surface area is 87.8 Å². The maximum atomic E-state index is 5.85. The van der Waals surface area contributed by atoms with Crippen molar-refractivity contribution in [3.8, 4) is 0 Å². The number of nitrogens with two attached hydrogens (primary N) is 2. The second-order valence-electron chi connectivity index (χ2n) is 5.09. The number of hydrogen-bond acceptors (Lipinski definition) is 3. The lowest BCUT2D eigenvalue weighted by atomic mass is 9.75. The van der Waals surface area contributed by atoms with Gasteiger partial charge in [-0.15, -0.1) is 0 Å². The molecule has 0 heterocycles. The minimum atomic E-state index is -0.0263. The molecule has 14 heavy (non-hydrogen) atoms. The van der Waals surface area contributed by atoms with E-state index in [0.717, 1.165) is 24.3 Å². The molecule has 84 valence electrons. The molecule has 1 fully saturated rings. The molecule has 4 atom stereocenters. The summed E-state index contributed by atoms with van der Waals surface area (Å²) < 4.78 is 0. The van der Waals surface area contributed by atoms with Gasteiger partial charge in [-0.3, -0.25) is 5.84 Å². The highest BCUT2D eigenvalue weighted by molar-refractivity contribution is 4.77. The molecule has 1 saturated carbocycles. The van der Waals surface area contributed by atoms with Crippen LogP contribution in [-0.2, 0) is 0 Å². The van der Waals surface area contributed by atoms with Crippen molar-refractivity contribution in [2.75, 3.05) is 6.54 Å². The summed E-state index contributed by atoms with van der Waals surface area (Å²) in [7, 11) is 0. The Morgan fingerprint density at radius 3 is 2.50 bits per heavy atom. The molecule has 0 amide bonds. The first kappa shape index (κ1) is 12.0. The smallest absolute Gasteiger partial charge is 0.0676 e. The first-order chi connectivity index (χ1) is 6.50. The van der Waals surface area contributed by atoms with Gasteiger partial charge < -0.3 is 5.73 Å². The average molecular weight is 199 g/mol. The third-order valence-electron chi connectivity index (χ3n) is 3.58. The second kappa shape index (κ2) is 5.10. The van der Waals surface area contributed by atoms with Gasteiger partial charge in [0, 0.05) is 6.54 Å². The molecule has 1 aliphatic rings. The van der Waals surface area contributed by atoms with Crippen LogP contribution in [0.15, 0.2) is 0 Å². The normalized spacial score (nSPS) is 36.0. The molecular weight excluding hydrogens is 174 g/mol. The van der Waals surface area contributed by atoms with E-state index < -0.39 is 0 Å². The SMILES string of the molecule is CC1CCC(CN(N)[C@H](C)N)C(C)C1. The molecule has 0 radical (unpaired) electrons. The number of nitrogens with zero attached hydrogens (tertiary/aromatic N) is 1.